The quantitative estimate of drug-likeness (QED) is 0.735. The van der Waals surface area contributed by atoms with E-state index in [0.29, 0.717) is 36.9 Å². The molecule has 1 aliphatic rings. The lowest BCUT2D eigenvalue weighted by atomic mass is 9.80. The maximum absolute atomic E-state index is 12.8. The highest BCUT2D eigenvalue weighted by Gasteiger charge is 2.45. The van der Waals surface area contributed by atoms with Gasteiger partial charge in [0.15, 0.2) is 0 Å². The predicted octanol–water partition coefficient (Wildman–Crippen LogP) is 2.70. The summed E-state index contributed by atoms with van der Waals surface area (Å²) >= 11 is 1.43. The second-order valence-electron chi connectivity index (χ2n) is 6.48. The van der Waals surface area contributed by atoms with Crippen LogP contribution in [0.25, 0.3) is 0 Å². The second kappa shape index (κ2) is 8.07. The second-order valence-corrected chi connectivity index (χ2v) is 7.54. The van der Waals surface area contributed by atoms with Gasteiger partial charge in [-0.15, -0.1) is 11.3 Å². The smallest absolute Gasteiger partial charge is 0.316 e. The highest BCUT2D eigenvalue weighted by Crippen LogP contribution is 2.33. The number of nitrogens with zero attached hydrogens (tertiary/aromatic N) is 2. The van der Waals surface area contributed by atoms with Crippen LogP contribution in [0.3, 0.4) is 0 Å². The number of thiazole rings is 1. The molecule has 0 radical (unpaired) electrons. The first kappa shape index (κ1) is 18.9. The summed E-state index contributed by atoms with van der Waals surface area (Å²) in [7, 11) is 1.57. The molecule has 6 nitrogen and oxygen atoms in total. The van der Waals surface area contributed by atoms with E-state index in [9.17, 15) is 9.59 Å². The number of esters is 1. The standard InChI is InChI=1S/C17H26N2O4S/c1-5-23-16(21)17(11-22-4)7-6-8-19(10-17)15(20)13-9-18-14(24-13)12(2)3/h9,12H,5-8,10-11H2,1-4H3. The number of aromatic nitrogens is 1. The van der Waals surface area contributed by atoms with E-state index in [1.165, 1.54) is 11.3 Å². The first-order chi connectivity index (χ1) is 11.4. The predicted molar refractivity (Wildman–Crippen MR) is 92.3 cm³/mol. The first-order valence-corrected chi connectivity index (χ1v) is 9.16. The van der Waals surface area contributed by atoms with Crippen molar-refractivity contribution >= 4 is 23.2 Å². The monoisotopic (exact) mass is 354 g/mol. The molecule has 1 amide bonds. The van der Waals surface area contributed by atoms with Crippen molar-refractivity contribution in [2.45, 2.75) is 39.5 Å². The minimum atomic E-state index is -0.774. The number of ether oxygens (including phenoxy) is 2. The van der Waals surface area contributed by atoms with Crippen LogP contribution in [0.4, 0.5) is 0 Å². The van der Waals surface area contributed by atoms with E-state index in [2.05, 4.69) is 18.8 Å². The van der Waals surface area contributed by atoms with Gasteiger partial charge < -0.3 is 14.4 Å². The number of rotatable bonds is 6. The van der Waals surface area contributed by atoms with E-state index in [1.54, 1.807) is 25.1 Å². The van der Waals surface area contributed by atoms with Crippen molar-refractivity contribution in [2.75, 3.05) is 33.4 Å². The molecule has 1 aromatic rings. The molecule has 2 heterocycles. The lowest BCUT2D eigenvalue weighted by molar-refractivity contribution is -0.162. The largest absolute Gasteiger partial charge is 0.465 e. The van der Waals surface area contributed by atoms with Gasteiger partial charge in [0, 0.05) is 26.1 Å². The molecule has 134 valence electrons. The van der Waals surface area contributed by atoms with Gasteiger partial charge in [-0.3, -0.25) is 9.59 Å². The molecular formula is C17H26N2O4S. The molecule has 0 aromatic carbocycles. The van der Waals surface area contributed by atoms with Crippen LogP contribution in [0.15, 0.2) is 6.20 Å². The fourth-order valence-corrected chi connectivity index (χ4v) is 3.91. The van der Waals surface area contributed by atoms with Gasteiger partial charge in [0.25, 0.3) is 5.91 Å². The first-order valence-electron chi connectivity index (χ1n) is 8.34. The number of amides is 1. The number of carbonyl (C=O) groups is 2. The van der Waals surface area contributed by atoms with Crippen LogP contribution in [0.2, 0.25) is 0 Å². The number of likely N-dealkylation sites (tertiary alicyclic amines) is 1. The Kier molecular flexibility index (Phi) is 6.34. The molecule has 1 atom stereocenters. The molecule has 2 rings (SSSR count). The zero-order valence-electron chi connectivity index (χ0n) is 14.8. The SMILES string of the molecule is CCOC(=O)C1(COC)CCCN(C(=O)c2cnc(C(C)C)s2)C1. The van der Waals surface area contributed by atoms with Crippen molar-refractivity contribution in [3.63, 3.8) is 0 Å². The lowest BCUT2D eigenvalue weighted by Crippen LogP contribution is -2.52. The van der Waals surface area contributed by atoms with Gasteiger partial charge in [-0.2, -0.15) is 0 Å². The summed E-state index contributed by atoms with van der Waals surface area (Å²) in [5.41, 5.74) is -0.774. The minimum absolute atomic E-state index is 0.0659. The van der Waals surface area contributed by atoms with Gasteiger partial charge in [-0.1, -0.05) is 13.8 Å². The third-order valence-corrected chi connectivity index (χ3v) is 5.51. The average Bonchev–Trinajstić information content (AvgIpc) is 3.05. The molecule has 1 fully saturated rings. The van der Waals surface area contributed by atoms with Crippen molar-refractivity contribution in [3.05, 3.63) is 16.1 Å². The van der Waals surface area contributed by atoms with Gasteiger partial charge >= 0.3 is 5.97 Å². The molecule has 0 spiro atoms. The molecule has 1 saturated heterocycles. The summed E-state index contributed by atoms with van der Waals surface area (Å²) in [5.74, 6) is -0.0505. The van der Waals surface area contributed by atoms with E-state index in [4.69, 9.17) is 9.47 Å². The normalized spacial score (nSPS) is 21.1. The molecule has 1 aliphatic heterocycles. The number of carbonyl (C=O) groups excluding carboxylic acids is 2. The van der Waals surface area contributed by atoms with Gasteiger partial charge in [-0.25, -0.2) is 4.98 Å². The number of hydrogen-bond donors (Lipinski definition) is 0. The summed E-state index contributed by atoms with van der Waals surface area (Å²) < 4.78 is 10.5. The average molecular weight is 354 g/mol. The van der Waals surface area contributed by atoms with Crippen LogP contribution in [-0.2, 0) is 14.3 Å². The Morgan fingerprint density at radius 3 is 2.79 bits per heavy atom. The topological polar surface area (TPSA) is 68.7 Å². The summed E-state index contributed by atoms with van der Waals surface area (Å²) in [6, 6.07) is 0. The van der Waals surface area contributed by atoms with Crippen LogP contribution in [0.1, 0.15) is 54.2 Å². The van der Waals surface area contributed by atoms with Crippen LogP contribution in [0.5, 0.6) is 0 Å². The van der Waals surface area contributed by atoms with Crippen LogP contribution < -0.4 is 0 Å². The Labute approximate surface area is 147 Å². The summed E-state index contributed by atoms with van der Waals surface area (Å²) in [5, 5.41) is 0.948. The number of methoxy groups -OCH3 is 1. The van der Waals surface area contributed by atoms with E-state index in [-0.39, 0.29) is 18.5 Å². The summed E-state index contributed by atoms with van der Waals surface area (Å²) in [4.78, 5) is 31.9. The Hall–Kier alpha value is -1.47. The maximum atomic E-state index is 12.8. The highest BCUT2D eigenvalue weighted by atomic mass is 32.1. The van der Waals surface area contributed by atoms with Crippen molar-refractivity contribution in [3.8, 4) is 0 Å². The van der Waals surface area contributed by atoms with Gasteiger partial charge in [0.05, 0.1) is 24.4 Å². The zero-order valence-corrected chi connectivity index (χ0v) is 15.6. The Balaban J connectivity index is 2.17. The molecule has 0 aliphatic carbocycles. The van der Waals surface area contributed by atoms with E-state index in [0.717, 1.165) is 11.4 Å². The third kappa shape index (κ3) is 3.95. The summed E-state index contributed by atoms with van der Waals surface area (Å²) in [6.07, 6.45) is 3.06. The molecule has 24 heavy (non-hydrogen) atoms. The lowest BCUT2D eigenvalue weighted by Gasteiger charge is -2.40. The molecule has 1 unspecified atom stereocenters. The maximum Gasteiger partial charge on any atom is 0.316 e. The molecule has 0 bridgehead atoms. The van der Waals surface area contributed by atoms with Crippen LogP contribution in [-0.4, -0.2) is 55.2 Å². The van der Waals surface area contributed by atoms with Crippen LogP contribution in [0, 0.1) is 5.41 Å². The van der Waals surface area contributed by atoms with E-state index < -0.39 is 5.41 Å². The molecule has 0 saturated carbocycles. The molecule has 1 aromatic heterocycles. The molecular weight excluding hydrogens is 328 g/mol. The van der Waals surface area contributed by atoms with Gasteiger partial charge in [0.2, 0.25) is 0 Å². The van der Waals surface area contributed by atoms with Gasteiger partial charge in [-0.05, 0) is 19.8 Å². The minimum Gasteiger partial charge on any atom is -0.465 e. The van der Waals surface area contributed by atoms with E-state index >= 15 is 0 Å². The van der Waals surface area contributed by atoms with Crippen molar-refractivity contribution in [2.24, 2.45) is 5.41 Å². The Morgan fingerprint density at radius 2 is 2.21 bits per heavy atom. The van der Waals surface area contributed by atoms with E-state index in [1.807, 2.05) is 0 Å². The summed E-state index contributed by atoms with van der Waals surface area (Å²) in [6.45, 7) is 7.44. The Morgan fingerprint density at radius 1 is 1.46 bits per heavy atom. The molecule has 0 N–H and O–H groups in total. The van der Waals surface area contributed by atoms with Crippen molar-refractivity contribution < 1.29 is 19.1 Å². The fourth-order valence-electron chi connectivity index (χ4n) is 3.02. The zero-order chi connectivity index (χ0) is 17.7. The van der Waals surface area contributed by atoms with Crippen LogP contribution >= 0.6 is 11.3 Å². The third-order valence-electron chi connectivity index (χ3n) is 4.22. The fraction of sp³-hybridized carbons (Fsp3) is 0.706. The van der Waals surface area contributed by atoms with Crippen molar-refractivity contribution in [1.29, 1.82) is 0 Å². The highest BCUT2D eigenvalue weighted by molar-refractivity contribution is 7.13. The van der Waals surface area contributed by atoms with Gasteiger partial charge in [0.1, 0.15) is 10.3 Å². The number of hydrogen-bond acceptors (Lipinski definition) is 6. The number of piperidine rings is 1. The Bertz CT molecular complexity index is 583. The van der Waals surface area contributed by atoms with Crippen molar-refractivity contribution in [1.82, 2.24) is 9.88 Å². The molecule has 7 heteroatoms.